The molecule has 0 saturated carbocycles. The van der Waals surface area contributed by atoms with Crippen molar-refractivity contribution in [3.8, 4) is 0 Å². The lowest BCUT2D eigenvalue weighted by Gasteiger charge is -2.02. The van der Waals surface area contributed by atoms with E-state index in [4.69, 9.17) is 9.15 Å². The van der Waals surface area contributed by atoms with Gasteiger partial charge in [0, 0.05) is 0 Å². The van der Waals surface area contributed by atoms with Crippen LogP contribution in [0, 0.1) is 5.82 Å². The SMILES string of the molecule is CCOC(=O)c1cc2cccc(F)c2c(=O)o1. The highest BCUT2D eigenvalue weighted by atomic mass is 19.1. The van der Waals surface area contributed by atoms with E-state index in [1.165, 1.54) is 18.2 Å². The highest BCUT2D eigenvalue weighted by molar-refractivity contribution is 5.91. The predicted molar refractivity (Wildman–Crippen MR) is 58.4 cm³/mol. The van der Waals surface area contributed by atoms with Gasteiger partial charge in [0.05, 0.1) is 6.61 Å². The summed E-state index contributed by atoms with van der Waals surface area (Å²) in [4.78, 5) is 22.9. The Morgan fingerprint density at radius 3 is 2.94 bits per heavy atom. The van der Waals surface area contributed by atoms with Gasteiger partial charge in [0.15, 0.2) is 0 Å². The second-order valence-corrected chi connectivity index (χ2v) is 3.32. The number of fused-ring (bicyclic) bond motifs is 1. The molecule has 0 fully saturated rings. The minimum atomic E-state index is -0.886. The van der Waals surface area contributed by atoms with Crippen molar-refractivity contribution in [1.82, 2.24) is 0 Å². The second kappa shape index (κ2) is 4.37. The minimum Gasteiger partial charge on any atom is -0.460 e. The van der Waals surface area contributed by atoms with Gasteiger partial charge in [0.1, 0.15) is 11.2 Å². The zero-order valence-electron chi connectivity index (χ0n) is 9.03. The van der Waals surface area contributed by atoms with E-state index >= 15 is 0 Å². The summed E-state index contributed by atoms with van der Waals surface area (Å²) in [5.74, 6) is -1.64. The molecule has 0 spiro atoms. The summed E-state index contributed by atoms with van der Waals surface area (Å²) in [6.07, 6.45) is 0. The van der Waals surface area contributed by atoms with Gasteiger partial charge in [-0.1, -0.05) is 12.1 Å². The first-order valence-corrected chi connectivity index (χ1v) is 5.03. The molecule has 1 heterocycles. The molecular weight excluding hydrogens is 227 g/mol. The third-order valence-electron chi connectivity index (χ3n) is 2.22. The Labute approximate surface area is 95.6 Å². The normalized spacial score (nSPS) is 10.5. The topological polar surface area (TPSA) is 56.5 Å². The zero-order valence-corrected chi connectivity index (χ0v) is 9.03. The maximum atomic E-state index is 13.4. The number of benzene rings is 1. The van der Waals surface area contributed by atoms with Gasteiger partial charge in [-0.3, -0.25) is 0 Å². The van der Waals surface area contributed by atoms with Crippen LogP contribution in [0.2, 0.25) is 0 Å². The molecule has 0 bridgehead atoms. The van der Waals surface area contributed by atoms with E-state index in [9.17, 15) is 14.0 Å². The van der Waals surface area contributed by atoms with Crippen molar-refractivity contribution < 1.29 is 18.3 Å². The van der Waals surface area contributed by atoms with Crippen LogP contribution in [0.1, 0.15) is 17.5 Å². The van der Waals surface area contributed by atoms with Crippen LogP contribution in [-0.4, -0.2) is 12.6 Å². The predicted octanol–water partition coefficient (Wildman–Crippen LogP) is 2.11. The maximum absolute atomic E-state index is 13.4. The Balaban J connectivity index is 2.65. The van der Waals surface area contributed by atoms with E-state index in [1.807, 2.05) is 0 Å². The number of halogens is 1. The summed E-state index contributed by atoms with van der Waals surface area (Å²) in [5.41, 5.74) is -0.886. The molecule has 0 radical (unpaired) electrons. The van der Waals surface area contributed by atoms with Crippen molar-refractivity contribution in [3.05, 3.63) is 46.3 Å². The van der Waals surface area contributed by atoms with Crippen molar-refractivity contribution >= 4 is 16.7 Å². The van der Waals surface area contributed by atoms with Gasteiger partial charge >= 0.3 is 11.6 Å². The van der Waals surface area contributed by atoms with Gasteiger partial charge in [-0.2, -0.15) is 0 Å². The van der Waals surface area contributed by atoms with Crippen LogP contribution in [0.25, 0.3) is 10.8 Å². The van der Waals surface area contributed by atoms with Crippen molar-refractivity contribution in [1.29, 1.82) is 0 Å². The molecular formula is C12H9FO4. The Hall–Kier alpha value is -2.17. The molecule has 0 aliphatic heterocycles. The number of esters is 1. The molecule has 0 N–H and O–H groups in total. The number of ether oxygens (including phenoxy) is 1. The van der Waals surface area contributed by atoms with Gasteiger partial charge in [-0.25, -0.2) is 14.0 Å². The standard InChI is InChI=1S/C12H9FO4/c1-2-16-11(14)9-6-7-4-3-5-8(13)10(7)12(15)17-9/h3-6H,2H2,1H3. The van der Waals surface area contributed by atoms with Crippen LogP contribution < -0.4 is 5.63 Å². The second-order valence-electron chi connectivity index (χ2n) is 3.32. The van der Waals surface area contributed by atoms with Crippen molar-refractivity contribution in [2.24, 2.45) is 0 Å². The Kier molecular flexibility index (Phi) is 2.91. The average molecular weight is 236 g/mol. The van der Waals surface area contributed by atoms with Gasteiger partial charge in [0.2, 0.25) is 5.76 Å². The largest absolute Gasteiger partial charge is 0.460 e. The van der Waals surface area contributed by atoms with Crippen LogP contribution in [0.15, 0.2) is 33.5 Å². The fraction of sp³-hybridized carbons (Fsp3) is 0.167. The Morgan fingerprint density at radius 2 is 2.24 bits per heavy atom. The lowest BCUT2D eigenvalue weighted by molar-refractivity contribution is 0.0485. The van der Waals surface area contributed by atoms with Gasteiger partial charge in [0.25, 0.3) is 0 Å². The molecule has 2 aromatic rings. The Bertz CT molecular complexity index is 630. The van der Waals surface area contributed by atoms with Crippen LogP contribution >= 0.6 is 0 Å². The smallest absolute Gasteiger partial charge is 0.374 e. The first kappa shape index (κ1) is 11.3. The quantitative estimate of drug-likeness (QED) is 0.749. The Morgan fingerprint density at radius 1 is 1.47 bits per heavy atom. The zero-order chi connectivity index (χ0) is 12.4. The highest BCUT2D eigenvalue weighted by Gasteiger charge is 2.14. The van der Waals surface area contributed by atoms with E-state index in [-0.39, 0.29) is 17.8 Å². The third kappa shape index (κ3) is 2.04. The van der Waals surface area contributed by atoms with Gasteiger partial charge < -0.3 is 9.15 Å². The summed E-state index contributed by atoms with van der Waals surface area (Å²) >= 11 is 0. The molecule has 1 aromatic heterocycles. The number of carbonyl (C=O) groups is 1. The fourth-order valence-corrected chi connectivity index (χ4v) is 1.50. The number of hydrogen-bond acceptors (Lipinski definition) is 4. The van der Waals surface area contributed by atoms with E-state index in [1.54, 1.807) is 6.92 Å². The van der Waals surface area contributed by atoms with Crippen LogP contribution in [0.5, 0.6) is 0 Å². The molecule has 0 unspecified atom stereocenters. The molecule has 1 aromatic carbocycles. The average Bonchev–Trinajstić information content (AvgIpc) is 2.29. The van der Waals surface area contributed by atoms with Gasteiger partial charge in [-0.05, 0) is 24.4 Å². The molecule has 0 amide bonds. The van der Waals surface area contributed by atoms with Crippen molar-refractivity contribution in [2.75, 3.05) is 6.61 Å². The lowest BCUT2D eigenvalue weighted by atomic mass is 10.1. The minimum absolute atomic E-state index is 0.166. The molecule has 0 aliphatic rings. The van der Waals surface area contributed by atoms with Crippen LogP contribution in [0.3, 0.4) is 0 Å². The number of carbonyl (C=O) groups excluding carboxylic acids is 1. The molecule has 2 rings (SSSR count). The summed E-state index contributed by atoms with van der Waals surface area (Å²) in [7, 11) is 0. The molecule has 0 aliphatic carbocycles. The maximum Gasteiger partial charge on any atom is 0.374 e. The monoisotopic (exact) mass is 236 g/mol. The summed E-state index contributed by atoms with van der Waals surface area (Å²) in [6.45, 7) is 1.81. The summed E-state index contributed by atoms with van der Waals surface area (Å²) in [6, 6.07) is 5.42. The van der Waals surface area contributed by atoms with Crippen LogP contribution in [-0.2, 0) is 4.74 Å². The van der Waals surface area contributed by atoms with Crippen LogP contribution in [0.4, 0.5) is 4.39 Å². The fourth-order valence-electron chi connectivity index (χ4n) is 1.50. The first-order valence-electron chi connectivity index (χ1n) is 5.03. The van der Waals surface area contributed by atoms with E-state index < -0.39 is 17.4 Å². The first-order chi connectivity index (χ1) is 8.13. The molecule has 88 valence electrons. The van der Waals surface area contributed by atoms with E-state index in [0.717, 1.165) is 6.07 Å². The molecule has 0 atom stereocenters. The van der Waals surface area contributed by atoms with Crippen molar-refractivity contribution in [3.63, 3.8) is 0 Å². The molecule has 4 nitrogen and oxygen atoms in total. The molecule has 0 saturated heterocycles. The molecule has 17 heavy (non-hydrogen) atoms. The number of rotatable bonds is 2. The highest BCUT2D eigenvalue weighted by Crippen LogP contribution is 2.15. The summed E-state index contributed by atoms with van der Waals surface area (Å²) < 4.78 is 22.8. The summed E-state index contributed by atoms with van der Waals surface area (Å²) in [5, 5.41) is 0.143. The van der Waals surface area contributed by atoms with Gasteiger partial charge in [-0.15, -0.1) is 0 Å². The van der Waals surface area contributed by atoms with E-state index in [0.29, 0.717) is 5.39 Å². The lowest BCUT2D eigenvalue weighted by Crippen LogP contribution is -2.10. The van der Waals surface area contributed by atoms with E-state index in [2.05, 4.69) is 0 Å². The number of hydrogen-bond donors (Lipinski definition) is 0. The van der Waals surface area contributed by atoms with Crippen molar-refractivity contribution in [2.45, 2.75) is 6.92 Å². The molecule has 5 heteroatoms. The third-order valence-corrected chi connectivity index (χ3v) is 2.22.